The molecule has 1 amide bonds. The Balaban J connectivity index is 1.65. The van der Waals surface area contributed by atoms with Gasteiger partial charge in [-0.05, 0) is 30.7 Å². The van der Waals surface area contributed by atoms with Crippen LogP contribution in [0.4, 0.5) is 0 Å². The van der Waals surface area contributed by atoms with E-state index in [2.05, 4.69) is 4.98 Å². The Bertz CT molecular complexity index is 695. The summed E-state index contributed by atoms with van der Waals surface area (Å²) in [5.74, 6) is -0.0667. The van der Waals surface area contributed by atoms with Gasteiger partial charge in [-0.2, -0.15) is 0 Å². The fourth-order valence-electron chi connectivity index (χ4n) is 2.67. The molecule has 6 nitrogen and oxygen atoms in total. The van der Waals surface area contributed by atoms with Gasteiger partial charge in [0.15, 0.2) is 0 Å². The van der Waals surface area contributed by atoms with Crippen molar-refractivity contribution < 1.29 is 14.6 Å². The number of benzene rings is 1. The molecule has 1 aliphatic rings. The van der Waals surface area contributed by atoms with Gasteiger partial charge in [-0.15, -0.1) is 0 Å². The predicted molar refractivity (Wildman–Crippen MR) is 90.6 cm³/mol. The number of imidazole rings is 1. The standard InChI is InChI=1S/C18H21N3O3/c1-14-12-24-17(11-22)10-21(14)18(23)7-4-15-2-5-16(6-3-15)20-9-8-19-13-20/h2-9,13-14,17,22H,10-12H2,1H3/b7-4+. The Morgan fingerprint density at radius 3 is 2.88 bits per heavy atom. The third-order valence-electron chi connectivity index (χ3n) is 4.11. The number of aliphatic hydroxyl groups is 1. The number of nitrogens with zero attached hydrogens (tertiary/aromatic N) is 3. The molecule has 1 aliphatic heterocycles. The van der Waals surface area contributed by atoms with Crippen LogP contribution in [0.25, 0.3) is 11.8 Å². The zero-order valence-corrected chi connectivity index (χ0v) is 13.6. The largest absolute Gasteiger partial charge is 0.394 e. The first kappa shape index (κ1) is 16.4. The number of aromatic nitrogens is 2. The fourth-order valence-corrected chi connectivity index (χ4v) is 2.67. The molecule has 1 fully saturated rings. The summed E-state index contributed by atoms with van der Waals surface area (Å²) in [6, 6.07) is 7.88. The number of amides is 1. The average Bonchev–Trinajstić information content (AvgIpc) is 3.15. The lowest BCUT2D eigenvalue weighted by Gasteiger charge is -2.36. The molecule has 2 unspecified atom stereocenters. The maximum Gasteiger partial charge on any atom is 0.246 e. The molecule has 0 radical (unpaired) electrons. The van der Waals surface area contributed by atoms with Gasteiger partial charge in [0, 0.05) is 30.7 Å². The predicted octanol–water partition coefficient (Wildman–Crippen LogP) is 1.49. The molecule has 0 saturated carbocycles. The van der Waals surface area contributed by atoms with Gasteiger partial charge in [-0.1, -0.05) is 12.1 Å². The minimum absolute atomic E-state index is 0.00793. The summed E-state index contributed by atoms with van der Waals surface area (Å²) in [5, 5.41) is 9.20. The van der Waals surface area contributed by atoms with Gasteiger partial charge in [0.2, 0.25) is 5.91 Å². The summed E-state index contributed by atoms with van der Waals surface area (Å²) in [7, 11) is 0. The smallest absolute Gasteiger partial charge is 0.246 e. The van der Waals surface area contributed by atoms with E-state index in [1.807, 2.05) is 42.0 Å². The van der Waals surface area contributed by atoms with E-state index in [0.29, 0.717) is 13.2 Å². The highest BCUT2D eigenvalue weighted by Crippen LogP contribution is 2.14. The molecular weight excluding hydrogens is 306 g/mol. The van der Waals surface area contributed by atoms with E-state index in [1.54, 1.807) is 29.6 Å². The number of hydrogen-bond donors (Lipinski definition) is 1. The van der Waals surface area contributed by atoms with E-state index in [0.717, 1.165) is 11.3 Å². The monoisotopic (exact) mass is 327 g/mol. The Labute approximate surface area is 141 Å². The van der Waals surface area contributed by atoms with E-state index in [9.17, 15) is 9.90 Å². The molecule has 1 N–H and O–H groups in total. The molecule has 1 saturated heterocycles. The molecule has 0 aliphatic carbocycles. The van der Waals surface area contributed by atoms with E-state index < -0.39 is 0 Å². The quantitative estimate of drug-likeness (QED) is 0.864. The molecule has 1 aromatic heterocycles. The fraction of sp³-hybridized carbons (Fsp3) is 0.333. The number of carbonyl (C=O) groups is 1. The van der Waals surface area contributed by atoms with Crippen LogP contribution in [0.2, 0.25) is 0 Å². The molecule has 2 atom stereocenters. The summed E-state index contributed by atoms with van der Waals surface area (Å²) in [4.78, 5) is 18.1. The van der Waals surface area contributed by atoms with Crippen LogP contribution in [0, 0.1) is 0 Å². The Morgan fingerprint density at radius 2 is 2.21 bits per heavy atom. The second kappa shape index (κ2) is 7.42. The highest BCUT2D eigenvalue weighted by molar-refractivity contribution is 5.92. The molecule has 2 aromatic rings. The van der Waals surface area contributed by atoms with Gasteiger partial charge in [-0.3, -0.25) is 4.79 Å². The van der Waals surface area contributed by atoms with Crippen LogP contribution < -0.4 is 0 Å². The van der Waals surface area contributed by atoms with Crippen LogP contribution in [0.5, 0.6) is 0 Å². The first-order valence-corrected chi connectivity index (χ1v) is 7.97. The van der Waals surface area contributed by atoms with Crippen LogP contribution >= 0.6 is 0 Å². The van der Waals surface area contributed by atoms with E-state index in [1.165, 1.54) is 0 Å². The van der Waals surface area contributed by atoms with Crippen LogP contribution in [0.1, 0.15) is 12.5 Å². The van der Waals surface area contributed by atoms with Crippen molar-refractivity contribution in [1.29, 1.82) is 0 Å². The van der Waals surface area contributed by atoms with Crippen LogP contribution in [-0.2, 0) is 9.53 Å². The van der Waals surface area contributed by atoms with Gasteiger partial charge >= 0.3 is 0 Å². The van der Waals surface area contributed by atoms with Crippen molar-refractivity contribution in [2.75, 3.05) is 19.8 Å². The highest BCUT2D eigenvalue weighted by Gasteiger charge is 2.27. The number of aliphatic hydroxyl groups excluding tert-OH is 1. The number of hydrogen-bond acceptors (Lipinski definition) is 4. The Morgan fingerprint density at radius 1 is 1.42 bits per heavy atom. The lowest BCUT2D eigenvalue weighted by atomic mass is 10.1. The molecule has 1 aromatic carbocycles. The first-order valence-electron chi connectivity index (χ1n) is 7.97. The third-order valence-corrected chi connectivity index (χ3v) is 4.11. The number of carbonyl (C=O) groups excluding carboxylic acids is 1. The molecule has 0 bridgehead atoms. The maximum atomic E-state index is 12.4. The van der Waals surface area contributed by atoms with Gasteiger partial charge in [0.25, 0.3) is 0 Å². The highest BCUT2D eigenvalue weighted by atomic mass is 16.5. The van der Waals surface area contributed by atoms with E-state index >= 15 is 0 Å². The lowest BCUT2D eigenvalue weighted by molar-refractivity contribution is -0.140. The minimum atomic E-state index is -0.298. The van der Waals surface area contributed by atoms with Crippen molar-refractivity contribution in [1.82, 2.24) is 14.5 Å². The topological polar surface area (TPSA) is 67.6 Å². The Kier molecular flexibility index (Phi) is 5.08. The zero-order chi connectivity index (χ0) is 16.9. The molecular formula is C18H21N3O3. The van der Waals surface area contributed by atoms with Crippen molar-refractivity contribution in [3.63, 3.8) is 0 Å². The molecule has 6 heteroatoms. The summed E-state index contributed by atoms with van der Waals surface area (Å²) in [5.41, 5.74) is 1.97. The maximum absolute atomic E-state index is 12.4. The number of morpholine rings is 1. The van der Waals surface area contributed by atoms with Crippen molar-refractivity contribution in [3.8, 4) is 5.69 Å². The zero-order valence-electron chi connectivity index (χ0n) is 13.6. The molecule has 0 spiro atoms. The van der Waals surface area contributed by atoms with Crippen LogP contribution in [0.15, 0.2) is 49.1 Å². The number of ether oxygens (including phenoxy) is 1. The molecule has 126 valence electrons. The number of rotatable bonds is 4. The third kappa shape index (κ3) is 3.72. The SMILES string of the molecule is CC1COC(CO)CN1C(=O)/C=C/c1ccc(-n2ccnc2)cc1. The van der Waals surface area contributed by atoms with Crippen LogP contribution in [0.3, 0.4) is 0 Å². The normalized spacial score (nSPS) is 21.3. The van der Waals surface area contributed by atoms with Gasteiger partial charge < -0.3 is 19.3 Å². The van der Waals surface area contributed by atoms with Gasteiger partial charge in [0.1, 0.15) is 0 Å². The van der Waals surface area contributed by atoms with Crippen molar-refractivity contribution in [3.05, 3.63) is 54.6 Å². The average molecular weight is 327 g/mol. The second-order valence-electron chi connectivity index (χ2n) is 5.87. The minimum Gasteiger partial charge on any atom is -0.394 e. The summed E-state index contributed by atoms with van der Waals surface area (Å²) in [6.07, 6.45) is 8.43. The lowest BCUT2D eigenvalue weighted by Crippen LogP contribution is -2.51. The Hall–Kier alpha value is -2.44. The first-order chi connectivity index (χ1) is 11.7. The van der Waals surface area contributed by atoms with Crippen molar-refractivity contribution in [2.45, 2.75) is 19.1 Å². The summed E-state index contributed by atoms with van der Waals surface area (Å²) < 4.78 is 7.38. The molecule has 3 rings (SSSR count). The van der Waals surface area contributed by atoms with Gasteiger partial charge in [0.05, 0.1) is 31.7 Å². The summed E-state index contributed by atoms with van der Waals surface area (Å²) >= 11 is 0. The van der Waals surface area contributed by atoms with Crippen molar-refractivity contribution >= 4 is 12.0 Å². The van der Waals surface area contributed by atoms with Gasteiger partial charge in [-0.25, -0.2) is 4.98 Å². The van der Waals surface area contributed by atoms with E-state index in [-0.39, 0.29) is 24.7 Å². The van der Waals surface area contributed by atoms with E-state index in [4.69, 9.17) is 4.74 Å². The van der Waals surface area contributed by atoms with Crippen molar-refractivity contribution in [2.24, 2.45) is 0 Å². The summed E-state index contributed by atoms with van der Waals surface area (Å²) in [6.45, 7) is 2.74. The molecule has 24 heavy (non-hydrogen) atoms. The second-order valence-corrected chi connectivity index (χ2v) is 5.87. The van der Waals surface area contributed by atoms with Crippen LogP contribution in [-0.4, -0.2) is 57.4 Å². The molecule has 2 heterocycles.